The van der Waals surface area contributed by atoms with Gasteiger partial charge in [0.1, 0.15) is 21.2 Å². The summed E-state index contributed by atoms with van der Waals surface area (Å²) >= 11 is 1.30. The second kappa shape index (κ2) is 10.1. The fourth-order valence-corrected chi connectivity index (χ4v) is 6.20. The number of aryl methyl sites for hydroxylation is 2. The van der Waals surface area contributed by atoms with Crippen molar-refractivity contribution in [2.24, 2.45) is 0 Å². The minimum Gasteiger partial charge on any atom is -0.457 e. The minimum atomic E-state index is -0.315. The third-order valence-corrected chi connectivity index (χ3v) is 8.17. The van der Waals surface area contributed by atoms with Crippen LogP contribution in [0.4, 0.5) is 21.9 Å². The van der Waals surface area contributed by atoms with Crippen molar-refractivity contribution in [2.45, 2.75) is 39.2 Å². The van der Waals surface area contributed by atoms with Gasteiger partial charge < -0.3 is 20.7 Å². The number of carbonyl (C=O) groups excluding carboxylic acids is 2. The summed E-state index contributed by atoms with van der Waals surface area (Å²) in [4.78, 5) is 34.1. The van der Waals surface area contributed by atoms with E-state index in [-0.39, 0.29) is 18.0 Å². The van der Waals surface area contributed by atoms with Crippen molar-refractivity contribution >= 4 is 50.6 Å². The fraction of sp³-hybridized carbons (Fsp3) is 0.276. The molecule has 0 aliphatic carbocycles. The van der Waals surface area contributed by atoms with Gasteiger partial charge in [0, 0.05) is 18.8 Å². The van der Waals surface area contributed by atoms with Crippen LogP contribution < -0.4 is 25.6 Å². The van der Waals surface area contributed by atoms with E-state index < -0.39 is 0 Å². The van der Waals surface area contributed by atoms with Gasteiger partial charge in [-0.2, -0.15) is 0 Å². The number of rotatable bonds is 6. The Morgan fingerprint density at radius 3 is 2.87 bits per heavy atom. The molecule has 9 heteroatoms. The Hall–Kier alpha value is -3.95. The maximum absolute atomic E-state index is 13.5. The van der Waals surface area contributed by atoms with Crippen molar-refractivity contribution < 1.29 is 14.3 Å². The van der Waals surface area contributed by atoms with Crippen LogP contribution >= 0.6 is 11.3 Å². The largest absolute Gasteiger partial charge is 0.457 e. The van der Waals surface area contributed by atoms with Gasteiger partial charge in [-0.1, -0.05) is 25.1 Å². The van der Waals surface area contributed by atoms with E-state index in [1.54, 1.807) is 11.1 Å². The Morgan fingerprint density at radius 2 is 2.08 bits per heavy atom. The van der Waals surface area contributed by atoms with Crippen molar-refractivity contribution in [3.8, 4) is 11.5 Å². The first-order valence-corrected chi connectivity index (χ1v) is 13.8. The van der Waals surface area contributed by atoms with Crippen LogP contribution in [0.15, 0.2) is 54.7 Å². The Bertz CT molecular complexity index is 1540. The van der Waals surface area contributed by atoms with Gasteiger partial charge in [-0.05, 0) is 74.2 Å². The van der Waals surface area contributed by atoms with Crippen LogP contribution in [0.2, 0.25) is 0 Å². The van der Waals surface area contributed by atoms with E-state index in [1.807, 2.05) is 49.4 Å². The SMILES string of the molecule is CCc1ccccc1Oc1ccc(N2C(=O)Nc3c(C(=O)NC4CCCNC4)sc4nccc2c34)c(C)c1. The average molecular weight is 528 g/mol. The molecule has 0 bridgehead atoms. The molecule has 2 aromatic carbocycles. The molecule has 3 N–H and O–H groups in total. The standard InChI is InChI=1S/C29H29N5O3S/c1-3-18-7-4-5-9-23(18)37-20-10-11-21(17(2)15-20)34-22-12-14-31-28-24(22)25(33-29(34)36)26(38-28)27(35)32-19-8-6-13-30-16-19/h4-5,7,9-12,14-15,19,30H,3,6,8,13,16H2,1-2H3,(H,32,35)(H,33,36). The number of nitrogens with one attached hydrogen (secondary N) is 3. The van der Waals surface area contributed by atoms with Crippen LogP contribution in [-0.4, -0.2) is 36.1 Å². The van der Waals surface area contributed by atoms with Gasteiger partial charge in [0.2, 0.25) is 0 Å². The highest BCUT2D eigenvalue weighted by atomic mass is 32.1. The second-order valence-electron chi connectivity index (χ2n) is 9.61. The summed E-state index contributed by atoms with van der Waals surface area (Å²) in [6, 6.07) is 15.3. The van der Waals surface area contributed by atoms with E-state index in [4.69, 9.17) is 4.74 Å². The number of carbonyl (C=O) groups is 2. The zero-order chi connectivity index (χ0) is 26.2. The molecular formula is C29H29N5O3S. The highest BCUT2D eigenvalue weighted by Gasteiger charge is 2.33. The number of anilines is 3. The van der Waals surface area contributed by atoms with Gasteiger partial charge in [0.05, 0.1) is 22.4 Å². The first kappa shape index (κ1) is 24.4. The summed E-state index contributed by atoms with van der Waals surface area (Å²) < 4.78 is 6.18. The highest BCUT2D eigenvalue weighted by Crippen LogP contribution is 2.46. The van der Waals surface area contributed by atoms with Gasteiger partial charge in [-0.25, -0.2) is 9.78 Å². The second-order valence-corrected chi connectivity index (χ2v) is 10.6. The normalized spacial score (nSPS) is 16.8. The maximum Gasteiger partial charge on any atom is 0.331 e. The van der Waals surface area contributed by atoms with E-state index in [1.165, 1.54) is 11.3 Å². The van der Waals surface area contributed by atoms with E-state index >= 15 is 0 Å². The van der Waals surface area contributed by atoms with Gasteiger partial charge >= 0.3 is 6.03 Å². The number of pyridine rings is 1. The smallest absolute Gasteiger partial charge is 0.331 e. The number of benzene rings is 2. The van der Waals surface area contributed by atoms with Crippen molar-refractivity contribution in [1.29, 1.82) is 0 Å². The predicted octanol–water partition coefficient (Wildman–Crippen LogP) is 6.12. The zero-order valence-corrected chi connectivity index (χ0v) is 22.2. The summed E-state index contributed by atoms with van der Waals surface area (Å²) in [5, 5.41) is 10.2. The summed E-state index contributed by atoms with van der Waals surface area (Å²) in [6.07, 6.45) is 4.52. The number of nitrogens with zero attached hydrogens (tertiary/aromatic N) is 2. The molecule has 4 aromatic rings. The number of ether oxygens (including phenoxy) is 1. The molecule has 0 spiro atoms. The zero-order valence-electron chi connectivity index (χ0n) is 21.3. The average Bonchev–Trinajstić information content (AvgIpc) is 3.30. The lowest BCUT2D eigenvalue weighted by Crippen LogP contribution is -2.45. The van der Waals surface area contributed by atoms with Crippen LogP contribution in [0.5, 0.6) is 11.5 Å². The minimum absolute atomic E-state index is 0.0737. The Morgan fingerprint density at radius 1 is 1.21 bits per heavy atom. The summed E-state index contributed by atoms with van der Waals surface area (Å²) in [5.74, 6) is 1.35. The lowest BCUT2D eigenvalue weighted by atomic mass is 10.1. The van der Waals surface area contributed by atoms with E-state index in [2.05, 4.69) is 33.9 Å². The topological polar surface area (TPSA) is 95.6 Å². The summed E-state index contributed by atoms with van der Waals surface area (Å²) in [6.45, 7) is 5.78. The van der Waals surface area contributed by atoms with Gasteiger partial charge in [0.25, 0.3) is 5.91 Å². The van der Waals surface area contributed by atoms with Gasteiger partial charge in [0.15, 0.2) is 0 Å². The Labute approximate surface area is 225 Å². The van der Waals surface area contributed by atoms with Crippen molar-refractivity contribution in [2.75, 3.05) is 23.3 Å². The van der Waals surface area contributed by atoms with Crippen LogP contribution in [0, 0.1) is 6.92 Å². The molecule has 8 nitrogen and oxygen atoms in total. The molecule has 2 aliphatic rings. The molecule has 1 fully saturated rings. The number of hydrogen-bond donors (Lipinski definition) is 3. The fourth-order valence-electron chi connectivity index (χ4n) is 5.17. The molecular weight excluding hydrogens is 498 g/mol. The van der Waals surface area contributed by atoms with Crippen LogP contribution in [0.1, 0.15) is 40.6 Å². The maximum atomic E-state index is 13.5. The van der Waals surface area contributed by atoms with E-state index in [9.17, 15) is 9.59 Å². The number of urea groups is 1. The van der Waals surface area contributed by atoms with E-state index in [0.717, 1.165) is 60.3 Å². The molecule has 0 radical (unpaired) electrons. The molecule has 2 aromatic heterocycles. The lowest BCUT2D eigenvalue weighted by molar-refractivity contribution is 0.0935. The van der Waals surface area contributed by atoms with E-state index in [0.29, 0.717) is 26.8 Å². The number of piperidine rings is 1. The molecule has 2 aliphatic heterocycles. The quantitative estimate of drug-likeness (QED) is 0.281. The Balaban J connectivity index is 1.33. The first-order valence-electron chi connectivity index (χ1n) is 12.9. The van der Waals surface area contributed by atoms with Crippen molar-refractivity contribution in [3.63, 3.8) is 0 Å². The number of thiophene rings is 1. The molecule has 38 heavy (non-hydrogen) atoms. The Kier molecular flexibility index (Phi) is 6.47. The van der Waals surface area contributed by atoms with Crippen molar-refractivity contribution in [1.82, 2.24) is 15.6 Å². The lowest BCUT2D eigenvalue weighted by Gasteiger charge is -2.30. The number of amides is 3. The molecule has 1 saturated heterocycles. The molecule has 1 atom stereocenters. The number of para-hydroxylation sites is 1. The summed E-state index contributed by atoms with van der Waals surface area (Å²) in [7, 11) is 0. The molecule has 1 unspecified atom stereocenters. The monoisotopic (exact) mass is 527 g/mol. The predicted molar refractivity (Wildman–Crippen MR) is 151 cm³/mol. The molecule has 4 heterocycles. The molecule has 6 rings (SSSR count). The summed E-state index contributed by atoms with van der Waals surface area (Å²) in [5.41, 5.74) is 3.99. The highest BCUT2D eigenvalue weighted by molar-refractivity contribution is 7.21. The van der Waals surface area contributed by atoms with Crippen molar-refractivity contribution in [3.05, 3.63) is 70.7 Å². The third-order valence-electron chi connectivity index (χ3n) is 7.07. The van der Waals surface area contributed by atoms with Gasteiger partial charge in [-0.3, -0.25) is 9.69 Å². The van der Waals surface area contributed by atoms with Crippen LogP contribution in [0.3, 0.4) is 0 Å². The molecule has 194 valence electrons. The number of aromatic nitrogens is 1. The van der Waals surface area contributed by atoms with Crippen LogP contribution in [-0.2, 0) is 6.42 Å². The molecule has 3 amide bonds. The first-order chi connectivity index (χ1) is 18.5. The van der Waals surface area contributed by atoms with Crippen LogP contribution in [0.25, 0.3) is 10.2 Å². The third kappa shape index (κ3) is 4.37. The molecule has 0 saturated carbocycles. The number of hydrogen-bond acceptors (Lipinski definition) is 6. The van der Waals surface area contributed by atoms with Gasteiger partial charge in [-0.15, -0.1) is 11.3 Å².